The van der Waals surface area contributed by atoms with Gasteiger partial charge in [-0.1, -0.05) is 60.7 Å². The van der Waals surface area contributed by atoms with Crippen molar-refractivity contribution in [2.24, 2.45) is 0 Å². The minimum atomic E-state index is -3.68. The Balaban J connectivity index is 1.24. The van der Waals surface area contributed by atoms with Crippen molar-refractivity contribution in [2.45, 2.75) is 32.1 Å². The molecular weight excluding hydrogens is 615 g/mol. The van der Waals surface area contributed by atoms with Crippen molar-refractivity contribution in [1.29, 1.82) is 0 Å². The molecule has 4 aromatic rings. The SMILES string of the molecule is C[C@@H](Cc1ccc(P(=O)(O)COc2ccccc2)cc1)NC[C@@H](O)COc1ccc(OCc2ccccc2)c(NS(C)(=O)=O)c1. The number of anilines is 1. The fraction of sp³-hybridized carbons (Fsp3) is 0.273. The molecule has 1 unspecified atom stereocenters. The van der Waals surface area contributed by atoms with Crippen LogP contribution in [0.1, 0.15) is 18.1 Å². The zero-order valence-corrected chi connectivity index (χ0v) is 26.9. The van der Waals surface area contributed by atoms with Crippen LogP contribution in [0.4, 0.5) is 5.69 Å². The van der Waals surface area contributed by atoms with Gasteiger partial charge >= 0.3 is 0 Å². The normalized spacial score (nSPS) is 14.1. The van der Waals surface area contributed by atoms with Gasteiger partial charge in [-0.15, -0.1) is 0 Å². The predicted molar refractivity (Wildman–Crippen MR) is 176 cm³/mol. The first-order valence-electron chi connectivity index (χ1n) is 14.4. The molecule has 4 rings (SSSR count). The lowest BCUT2D eigenvalue weighted by Gasteiger charge is -2.19. The molecule has 0 aromatic heterocycles. The molecule has 10 nitrogen and oxygen atoms in total. The topological polar surface area (TPSA) is 143 Å². The van der Waals surface area contributed by atoms with Gasteiger partial charge in [-0.05, 0) is 60.9 Å². The molecule has 0 bridgehead atoms. The van der Waals surface area contributed by atoms with Crippen molar-refractivity contribution >= 4 is 28.4 Å². The number of aliphatic hydroxyl groups excluding tert-OH is 1. The van der Waals surface area contributed by atoms with Crippen molar-refractivity contribution in [3.05, 3.63) is 114 Å². The van der Waals surface area contributed by atoms with E-state index < -0.39 is 23.5 Å². The molecule has 0 aliphatic rings. The van der Waals surface area contributed by atoms with E-state index >= 15 is 0 Å². The van der Waals surface area contributed by atoms with Crippen LogP contribution in [-0.2, 0) is 27.6 Å². The van der Waals surface area contributed by atoms with Gasteiger partial charge in [0.2, 0.25) is 10.0 Å². The highest BCUT2D eigenvalue weighted by molar-refractivity contribution is 7.92. The maximum atomic E-state index is 12.8. The minimum absolute atomic E-state index is 0.000504. The molecule has 0 heterocycles. The number of sulfonamides is 1. The molecule has 0 aliphatic carbocycles. The Labute approximate surface area is 264 Å². The molecule has 4 aromatic carbocycles. The van der Waals surface area contributed by atoms with Gasteiger partial charge in [-0.3, -0.25) is 9.29 Å². The van der Waals surface area contributed by atoms with Crippen molar-refractivity contribution in [1.82, 2.24) is 5.32 Å². The Hall–Kier alpha value is -3.86. The third-order valence-corrected chi connectivity index (χ3v) is 8.83. The fourth-order valence-corrected chi connectivity index (χ4v) is 6.02. The zero-order chi connectivity index (χ0) is 32.3. The second-order valence-corrected chi connectivity index (χ2v) is 14.7. The standard InChI is InChI=1S/C33H39N2O8PS/c1-25(19-26-13-16-31(17-14-26)44(37,38)24-43-29-11-7-4-8-12-29)34-21-28(36)23-41-30-15-18-33(32(20-30)35-45(2,39)40)42-22-27-9-5-3-6-10-27/h3-18,20,25,28,34-36H,19,21-24H2,1-2H3,(H,37,38)/t25-,28+/m0/s1. The molecule has 4 N–H and O–H groups in total. The smallest absolute Gasteiger partial charge is 0.265 e. The molecule has 0 saturated heterocycles. The summed E-state index contributed by atoms with van der Waals surface area (Å²) in [5.41, 5.74) is 2.14. The molecule has 0 amide bonds. The number of hydrogen-bond donors (Lipinski definition) is 4. The fourth-order valence-electron chi connectivity index (χ4n) is 4.37. The Bertz CT molecular complexity index is 1660. The molecule has 0 aliphatic heterocycles. The first kappa shape index (κ1) is 34.0. The van der Waals surface area contributed by atoms with Crippen LogP contribution in [0.25, 0.3) is 0 Å². The molecule has 240 valence electrons. The minimum Gasteiger partial charge on any atom is -0.491 e. The van der Waals surface area contributed by atoms with Gasteiger partial charge in [0.05, 0.1) is 11.9 Å². The first-order valence-corrected chi connectivity index (χ1v) is 18.1. The van der Waals surface area contributed by atoms with E-state index in [1.54, 1.807) is 48.5 Å². The Kier molecular flexibility index (Phi) is 12.0. The summed E-state index contributed by atoms with van der Waals surface area (Å²) in [6, 6.07) is 30.1. The van der Waals surface area contributed by atoms with Crippen LogP contribution in [0.15, 0.2) is 103 Å². The van der Waals surface area contributed by atoms with Gasteiger partial charge in [0, 0.05) is 24.0 Å². The molecule has 12 heteroatoms. The van der Waals surface area contributed by atoms with Crippen LogP contribution >= 0.6 is 7.37 Å². The number of para-hydroxylation sites is 1. The maximum Gasteiger partial charge on any atom is 0.265 e. The predicted octanol–water partition coefficient (Wildman–Crippen LogP) is 4.53. The molecule has 0 saturated carbocycles. The highest BCUT2D eigenvalue weighted by Crippen LogP contribution is 2.39. The van der Waals surface area contributed by atoms with Crippen LogP contribution in [0.3, 0.4) is 0 Å². The van der Waals surface area contributed by atoms with E-state index in [0.717, 1.165) is 17.4 Å². The molecule has 0 spiro atoms. The summed E-state index contributed by atoms with van der Waals surface area (Å²) in [6.07, 6.45) is 0.546. The third kappa shape index (κ3) is 11.5. The average Bonchev–Trinajstić information content (AvgIpc) is 3.02. The summed E-state index contributed by atoms with van der Waals surface area (Å²) in [5.74, 6) is 1.25. The van der Waals surface area contributed by atoms with E-state index in [2.05, 4.69) is 10.0 Å². The second-order valence-electron chi connectivity index (χ2n) is 10.7. The third-order valence-electron chi connectivity index (χ3n) is 6.66. The number of hydrogen-bond acceptors (Lipinski definition) is 8. The highest BCUT2D eigenvalue weighted by atomic mass is 32.2. The van der Waals surface area contributed by atoms with Gasteiger partial charge in [-0.25, -0.2) is 8.42 Å². The van der Waals surface area contributed by atoms with Crippen molar-refractivity contribution in [3.8, 4) is 17.2 Å². The van der Waals surface area contributed by atoms with Crippen LogP contribution in [0, 0.1) is 0 Å². The molecule has 0 fully saturated rings. The summed E-state index contributed by atoms with van der Waals surface area (Å²) in [7, 11) is -7.26. The number of rotatable bonds is 17. The summed E-state index contributed by atoms with van der Waals surface area (Å²) in [5, 5.41) is 14.1. The lowest BCUT2D eigenvalue weighted by atomic mass is 10.1. The number of benzene rings is 4. The maximum absolute atomic E-state index is 12.8. The van der Waals surface area contributed by atoms with Crippen molar-refractivity contribution < 1.29 is 37.2 Å². The van der Waals surface area contributed by atoms with Gasteiger partial charge in [0.15, 0.2) is 6.35 Å². The van der Waals surface area contributed by atoms with Crippen LogP contribution in [0.5, 0.6) is 17.2 Å². The van der Waals surface area contributed by atoms with Crippen molar-refractivity contribution in [3.63, 3.8) is 0 Å². The number of nitrogens with one attached hydrogen (secondary N) is 2. The zero-order valence-electron chi connectivity index (χ0n) is 25.2. The monoisotopic (exact) mass is 654 g/mol. The van der Waals surface area contributed by atoms with Crippen molar-refractivity contribution in [2.75, 3.05) is 30.5 Å². The average molecular weight is 655 g/mol. The molecule has 3 atom stereocenters. The lowest BCUT2D eigenvalue weighted by molar-refractivity contribution is 0.104. The highest BCUT2D eigenvalue weighted by Gasteiger charge is 2.22. The van der Waals surface area contributed by atoms with Gasteiger partial charge < -0.3 is 29.5 Å². The van der Waals surface area contributed by atoms with Crippen LogP contribution in [-0.4, -0.2) is 56.3 Å². The second kappa shape index (κ2) is 15.9. The summed E-state index contributed by atoms with van der Waals surface area (Å²) in [4.78, 5) is 10.5. The largest absolute Gasteiger partial charge is 0.491 e. The van der Waals surface area contributed by atoms with Crippen LogP contribution < -0.4 is 29.6 Å². The Morgan fingerprint density at radius 1 is 0.822 bits per heavy atom. The first-order chi connectivity index (χ1) is 21.5. The van der Waals surface area contributed by atoms with Gasteiger partial charge in [0.1, 0.15) is 36.6 Å². The summed E-state index contributed by atoms with van der Waals surface area (Å²) in [6.45, 7) is 2.48. The van der Waals surface area contributed by atoms with E-state index in [-0.39, 0.29) is 37.8 Å². The quantitative estimate of drug-likeness (QED) is 0.121. The Morgan fingerprint density at radius 2 is 1.49 bits per heavy atom. The summed E-state index contributed by atoms with van der Waals surface area (Å²) >= 11 is 0. The van der Waals surface area contributed by atoms with E-state index in [9.17, 15) is 23.0 Å². The van der Waals surface area contributed by atoms with E-state index in [1.165, 1.54) is 6.07 Å². The molecule has 0 radical (unpaired) electrons. The van der Waals surface area contributed by atoms with Crippen LogP contribution in [0.2, 0.25) is 0 Å². The van der Waals surface area contributed by atoms with E-state index in [0.29, 0.717) is 29.0 Å². The number of ether oxygens (including phenoxy) is 3. The van der Waals surface area contributed by atoms with Gasteiger partial charge in [0.25, 0.3) is 7.37 Å². The lowest BCUT2D eigenvalue weighted by Crippen LogP contribution is -2.37. The Morgan fingerprint density at radius 3 is 2.16 bits per heavy atom. The molecular formula is C33H39N2O8PS. The summed E-state index contributed by atoms with van der Waals surface area (Å²) < 4.78 is 56.2. The number of aliphatic hydroxyl groups is 1. The van der Waals surface area contributed by atoms with Gasteiger partial charge in [-0.2, -0.15) is 0 Å². The van der Waals surface area contributed by atoms with E-state index in [4.69, 9.17) is 14.2 Å². The van der Waals surface area contributed by atoms with E-state index in [1.807, 2.05) is 55.5 Å². The molecule has 45 heavy (non-hydrogen) atoms.